The summed E-state index contributed by atoms with van der Waals surface area (Å²) >= 11 is 1.51. The van der Waals surface area contributed by atoms with Crippen molar-refractivity contribution in [3.05, 3.63) is 47.6 Å². The van der Waals surface area contributed by atoms with E-state index < -0.39 is 0 Å². The van der Waals surface area contributed by atoms with Gasteiger partial charge in [-0.15, -0.1) is 37.7 Å². The van der Waals surface area contributed by atoms with Gasteiger partial charge in [0.2, 0.25) is 0 Å². The first-order chi connectivity index (χ1) is 9.28. The molecule has 0 heterocycles. The van der Waals surface area contributed by atoms with Crippen molar-refractivity contribution in [3.63, 3.8) is 0 Å². The van der Waals surface area contributed by atoms with Gasteiger partial charge in [0, 0.05) is 13.2 Å². The predicted octanol–water partition coefficient (Wildman–Crippen LogP) is 3.32. The number of hydrogen-bond donors (Lipinski definition) is 2. The molecule has 0 aromatic rings. The van der Waals surface area contributed by atoms with Crippen LogP contribution in [-0.4, -0.2) is 27.1 Å². The fourth-order valence-corrected chi connectivity index (χ4v) is 1.48. The Bertz CT molecular complexity index is 329. The maximum absolute atomic E-state index is 8.43. The van der Waals surface area contributed by atoms with Gasteiger partial charge in [0.1, 0.15) is 0 Å². The molecule has 2 nitrogen and oxygen atoms in total. The van der Waals surface area contributed by atoms with Crippen molar-refractivity contribution in [1.29, 1.82) is 0 Å². The summed E-state index contributed by atoms with van der Waals surface area (Å²) in [5.41, 5.74) is 2.29. The van der Waals surface area contributed by atoms with Gasteiger partial charge in [-0.25, -0.2) is 23.3 Å². The summed E-state index contributed by atoms with van der Waals surface area (Å²) in [7, 11) is 0. The van der Waals surface area contributed by atoms with E-state index in [0.29, 0.717) is 0 Å². The van der Waals surface area contributed by atoms with Crippen molar-refractivity contribution in [3.8, 4) is 0 Å². The molecule has 2 aliphatic rings. The normalized spacial score (nSPS) is 13.6. The van der Waals surface area contributed by atoms with Gasteiger partial charge in [-0.05, 0) is 12.8 Å². The molecule has 21 heavy (non-hydrogen) atoms. The van der Waals surface area contributed by atoms with Gasteiger partial charge in [0.15, 0.2) is 0 Å². The molecule has 0 spiro atoms. The fraction of sp³-hybridized carbons (Fsp3) is 0.438. The molecular formula is C16H24Cl2O2Zr. The maximum Gasteiger partial charge on any atom is 0.0442 e. The van der Waals surface area contributed by atoms with Crippen LogP contribution in [0.5, 0.6) is 0 Å². The predicted molar refractivity (Wildman–Crippen MR) is 90.7 cm³/mol. The van der Waals surface area contributed by atoms with Crippen molar-refractivity contribution in [2.45, 2.75) is 32.6 Å². The van der Waals surface area contributed by atoms with E-state index >= 15 is 0 Å². The smallest absolute Gasteiger partial charge is 0.0442 e. The maximum atomic E-state index is 8.43. The van der Waals surface area contributed by atoms with Crippen LogP contribution < -0.4 is 0 Å². The van der Waals surface area contributed by atoms with Crippen LogP contribution >= 0.6 is 24.8 Å². The minimum atomic E-state index is 0. The van der Waals surface area contributed by atoms with Gasteiger partial charge in [-0.1, -0.05) is 0 Å². The molecule has 118 valence electrons. The Labute approximate surface area is 155 Å². The van der Waals surface area contributed by atoms with Crippen LogP contribution in [0, 0.1) is 12.2 Å². The average Bonchev–Trinajstić information content (AvgIpc) is 3.05. The molecule has 0 radical (unpaired) electrons. The zero-order valence-corrected chi connectivity index (χ0v) is 16.4. The molecule has 2 N–H and O–H groups in total. The number of allylic oxidation sites excluding steroid dienone is 6. The van der Waals surface area contributed by atoms with E-state index in [1.165, 1.54) is 24.2 Å². The van der Waals surface area contributed by atoms with Crippen molar-refractivity contribution in [2.75, 3.05) is 13.2 Å². The topological polar surface area (TPSA) is 40.5 Å². The van der Waals surface area contributed by atoms with Gasteiger partial charge in [0.05, 0.1) is 0 Å². The third-order valence-corrected chi connectivity index (χ3v) is 2.29. The van der Waals surface area contributed by atoms with E-state index in [-0.39, 0.29) is 38.0 Å². The Morgan fingerprint density at radius 1 is 1.00 bits per heavy atom. The first kappa shape index (κ1) is 26.1. The second kappa shape index (κ2) is 20.2. The summed E-state index contributed by atoms with van der Waals surface area (Å²) in [5, 5.41) is 16.9. The van der Waals surface area contributed by atoms with Crippen molar-refractivity contribution in [2.24, 2.45) is 0 Å². The zero-order chi connectivity index (χ0) is 14.3. The van der Waals surface area contributed by atoms with Gasteiger partial charge >= 0.3 is 34.9 Å². The summed E-state index contributed by atoms with van der Waals surface area (Å²) in [5.74, 6) is 0. The Morgan fingerprint density at radius 3 is 1.52 bits per heavy atom. The summed E-state index contributed by atoms with van der Waals surface area (Å²) in [6.45, 7) is 2.53. The van der Waals surface area contributed by atoms with Crippen molar-refractivity contribution < 1.29 is 34.4 Å². The number of hydrogen-bond acceptors (Lipinski definition) is 2. The number of rotatable bonds is 4. The van der Waals surface area contributed by atoms with Gasteiger partial charge < -0.3 is 10.2 Å². The van der Waals surface area contributed by atoms with E-state index in [2.05, 4.69) is 15.9 Å². The van der Waals surface area contributed by atoms with Crippen LogP contribution in [0.15, 0.2) is 35.5 Å². The van der Waals surface area contributed by atoms with Crippen LogP contribution in [-0.2, 0) is 24.2 Å². The summed E-state index contributed by atoms with van der Waals surface area (Å²) in [6.07, 6.45) is 17.7. The Balaban J connectivity index is -0.000000242. The van der Waals surface area contributed by atoms with Gasteiger partial charge in [0.25, 0.3) is 0 Å². The van der Waals surface area contributed by atoms with E-state index in [1.54, 1.807) is 0 Å². The molecular weight excluding hydrogens is 386 g/mol. The monoisotopic (exact) mass is 408 g/mol. The number of halogens is 2. The molecule has 0 amide bonds. The molecule has 0 bridgehead atoms. The Hall–Kier alpha value is 0.213. The van der Waals surface area contributed by atoms with E-state index in [9.17, 15) is 0 Å². The summed E-state index contributed by atoms with van der Waals surface area (Å²) in [6, 6.07) is 0. The van der Waals surface area contributed by atoms with Crippen molar-refractivity contribution >= 4 is 28.5 Å². The van der Waals surface area contributed by atoms with Gasteiger partial charge in [-0.2, -0.15) is 12.2 Å². The second-order valence-corrected chi connectivity index (χ2v) is 5.27. The van der Waals surface area contributed by atoms with Crippen molar-refractivity contribution in [1.82, 2.24) is 0 Å². The minimum Gasteiger partial charge on any atom is -0.396 e. The van der Waals surface area contributed by atoms with Crippen LogP contribution in [0.1, 0.15) is 32.6 Å². The first-order valence-corrected chi connectivity index (χ1v) is 7.89. The molecule has 0 aliphatic heterocycles. The minimum absolute atomic E-state index is 0. The third-order valence-electron chi connectivity index (χ3n) is 2.29. The molecule has 0 saturated heterocycles. The number of aliphatic hydroxyl groups excluding tert-OH is 2. The molecule has 2 aliphatic carbocycles. The van der Waals surface area contributed by atoms with Gasteiger partial charge in [-0.3, -0.25) is 12.2 Å². The average molecular weight is 410 g/mol. The molecule has 0 aromatic carbocycles. The summed E-state index contributed by atoms with van der Waals surface area (Å²) in [4.78, 5) is 0. The molecule has 0 fully saturated rings. The molecule has 0 saturated carbocycles. The van der Waals surface area contributed by atoms with Crippen LogP contribution in [0.25, 0.3) is 0 Å². The molecule has 0 aromatic heterocycles. The quantitative estimate of drug-likeness (QED) is 0.698. The van der Waals surface area contributed by atoms with E-state index in [0.717, 1.165) is 36.8 Å². The Kier molecular flexibility index (Phi) is 25.1. The van der Waals surface area contributed by atoms with E-state index in [1.807, 2.05) is 31.2 Å². The van der Waals surface area contributed by atoms with E-state index in [4.69, 9.17) is 10.2 Å². The zero-order valence-electron chi connectivity index (χ0n) is 12.3. The summed E-state index contributed by atoms with van der Waals surface area (Å²) < 4.78 is 2.09. The Morgan fingerprint density at radius 2 is 1.33 bits per heavy atom. The fourth-order valence-electron chi connectivity index (χ4n) is 1.48. The number of aliphatic hydroxyl groups is 2. The molecule has 2 rings (SSSR count). The van der Waals surface area contributed by atoms with Crippen LogP contribution in [0.2, 0.25) is 0 Å². The molecule has 0 unspecified atom stereocenters. The molecule has 0 atom stereocenters. The third kappa shape index (κ3) is 16.4. The standard InChI is InChI=1S/2C7H9O.C2H4.2ClH.Zr/c2*8-6-5-7-3-1-2-4-7;1-2;;;/h2*1,3,8H,2,5-6H2;1H,2H3;2*1H;/q2*-1;;;;+2. The second-order valence-electron chi connectivity index (χ2n) is 3.85. The molecule has 5 heteroatoms. The SMILES string of the molecule is C[CH]=[Zr+2].Cl.Cl.OCCC1=[C-]CC=C1.OCCC1=[C-]CC=C1. The first-order valence-electron chi connectivity index (χ1n) is 6.47. The van der Waals surface area contributed by atoms with Crippen LogP contribution in [0.3, 0.4) is 0 Å². The largest absolute Gasteiger partial charge is 0.396 e. The van der Waals surface area contributed by atoms with Crippen LogP contribution in [0.4, 0.5) is 0 Å².